The molecule has 1 N–H and O–H groups in total. The Morgan fingerprint density at radius 2 is 1.90 bits per heavy atom. The Morgan fingerprint density at radius 3 is 2.30 bits per heavy atom. The van der Waals surface area contributed by atoms with Gasteiger partial charge in [0, 0.05) is 10.4 Å². The number of hydrogen-bond acceptors (Lipinski definition) is 3. The fraction of sp³-hybridized carbons (Fsp3) is 0.750. The summed E-state index contributed by atoms with van der Waals surface area (Å²) >= 11 is 7.86. The first-order chi connectivity index (χ1) is 9.53. The van der Waals surface area contributed by atoms with E-state index in [0.29, 0.717) is 6.04 Å². The van der Waals surface area contributed by atoms with Gasteiger partial charge in [-0.2, -0.15) is 0 Å². The molecule has 0 saturated carbocycles. The molecule has 2 unspecified atom stereocenters. The molecule has 0 amide bonds. The van der Waals surface area contributed by atoms with E-state index >= 15 is 0 Å². The minimum Gasteiger partial charge on any atom is -0.308 e. The summed E-state index contributed by atoms with van der Waals surface area (Å²) in [6.07, 6.45) is 2.26. The van der Waals surface area contributed by atoms with Gasteiger partial charge >= 0.3 is 0 Å². The lowest BCUT2D eigenvalue weighted by atomic mass is 9.86. The summed E-state index contributed by atoms with van der Waals surface area (Å²) in [5.74, 6) is 0. The Balaban J connectivity index is 3.11. The van der Waals surface area contributed by atoms with E-state index in [0.717, 1.165) is 36.8 Å². The molecule has 0 aliphatic heterocycles. The van der Waals surface area contributed by atoms with Crippen LogP contribution in [0.2, 0.25) is 4.34 Å². The highest BCUT2D eigenvalue weighted by Crippen LogP contribution is 2.38. The summed E-state index contributed by atoms with van der Waals surface area (Å²) in [7, 11) is 0. The molecule has 1 heterocycles. The maximum atomic E-state index is 6.16. The lowest BCUT2D eigenvalue weighted by Crippen LogP contribution is -2.54. The Labute approximate surface area is 133 Å². The van der Waals surface area contributed by atoms with Crippen molar-refractivity contribution in [2.24, 2.45) is 0 Å². The van der Waals surface area contributed by atoms with Crippen molar-refractivity contribution in [3.8, 4) is 0 Å². The molecule has 0 aromatic carbocycles. The van der Waals surface area contributed by atoms with Gasteiger partial charge in [0.05, 0.1) is 10.4 Å². The van der Waals surface area contributed by atoms with E-state index in [2.05, 4.69) is 50.9 Å². The topological polar surface area (TPSA) is 15.3 Å². The van der Waals surface area contributed by atoms with Crippen molar-refractivity contribution in [2.45, 2.75) is 59.0 Å². The number of rotatable bonds is 9. The van der Waals surface area contributed by atoms with E-state index in [-0.39, 0.29) is 5.54 Å². The van der Waals surface area contributed by atoms with Crippen LogP contribution in [0.4, 0.5) is 0 Å². The van der Waals surface area contributed by atoms with Gasteiger partial charge in [0.25, 0.3) is 0 Å². The Kier molecular flexibility index (Phi) is 7.52. The molecular formula is C16H29ClN2S. The maximum Gasteiger partial charge on any atom is 0.0931 e. The lowest BCUT2D eigenvalue weighted by molar-refractivity contribution is 0.0711. The molecule has 0 aliphatic rings. The molecule has 2 nitrogen and oxygen atoms in total. The summed E-state index contributed by atoms with van der Waals surface area (Å²) in [4.78, 5) is 3.91. The smallest absolute Gasteiger partial charge is 0.0931 e. The van der Waals surface area contributed by atoms with Gasteiger partial charge in [-0.05, 0) is 51.5 Å². The minimum absolute atomic E-state index is 0.118. The molecule has 0 fully saturated rings. The average Bonchev–Trinajstić information content (AvgIpc) is 2.86. The van der Waals surface area contributed by atoms with E-state index in [1.54, 1.807) is 11.3 Å². The summed E-state index contributed by atoms with van der Waals surface area (Å²) in [5.41, 5.74) is 0.118. The first-order valence-corrected chi connectivity index (χ1v) is 8.96. The summed E-state index contributed by atoms with van der Waals surface area (Å²) in [5, 5.41) is 3.75. The molecule has 116 valence electrons. The zero-order valence-corrected chi connectivity index (χ0v) is 15.1. The summed E-state index contributed by atoms with van der Waals surface area (Å²) < 4.78 is 0.876. The molecule has 1 aromatic rings. The third-order valence-corrected chi connectivity index (χ3v) is 5.60. The van der Waals surface area contributed by atoms with Crippen LogP contribution < -0.4 is 5.32 Å². The molecule has 0 saturated heterocycles. The van der Waals surface area contributed by atoms with E-state index in [4.69, 9.17) is 11.6 Å². The molecule has 2 atom stereocenters. The maximum absolute atomic E-state index is 6.16. The van der Waals surface area contributed by atoms with Gasteiger partial charge in [-0.1, -0.05) is 39.3 Å². The SMILES string of the molecule is CCCNC(c1ccc(Cl)s1)C(C)(CC)N(CC)CC. The second-order valence-electron chi connectivity index (χ2n) is 5.41. The zero-order valence-electron chi connectivity index (χ0n) is 13.5. The number of likely N-dealkylation sites (N-methyl/N-ethyl adjacent to an activating group) is 1. The first-order valence-electron chi connectivity index (χ1n) is 7.77. The average molecular weight is 317 g/mol. The predicted molar refractivity (Wildman–Crippen MR) is 92.0 cm³/mol. The van der Waals surface area contributed by atoms with Gasteiger partial charge in [-0.3, -0.25) is 4.90 Å². The first kappa shape index (κ1) is 18.0. The van der Waals surface area contributed by atoms with Gasteiger partial charge in [0.1, 0.15) is 0 Å². The van der Waals surface area contributed by atoms with Crippen LogP contribution in [0.1, 0.15) is 58.4 Å². The Hall–Kier alpha value is -0.0900. The quantitative estimate of drug-likeness (QED) is 0.693. The molecule has 0 bridgehead atoms. The molecule has 0 radical (unpaired) electrons. The van der Waals surface area contributed by atoms with E-state index < -0.39 is 0 Å². The number of thiophene rings is 1. The monoisotopic (exact) mass is 316 g/mol. The normalized spacial score (nSPS) is 16.4. The van der Waals surface area contributed by atoms with Crippen molar-refractivity contribution in [1.82, 2.24) is 10.2 Å². The van der Waals surface area contributed by atoms with Crippen molar-refractivity contribution in [3.05, 3.63) is 21.3 Å². The van der Waals surface area contributed by atoms with E-state index in [1.807, 2.05) is 6.07 Å². The largest absolute Gasteiger partial charge is 0.308 e. The third kappa shape index (κ3) is 3.97. The van der Waals surface area contributed by atoms with Crippen molar-refractivity contribution >= 4 is 22.9 Å². The fourth-order valence-electron chi connectivity index (χ4n) is 2.96. The number of nitrogens with one attached hydrogen (secondary N) is 1. The summed E-state index contributed by atoms with van der Waals surface area (Å²) in [6.45, 7) is 14.6. The predicted octanol–water partition coefficient (Wildman–Crippen LogP) is 4.95. The highest BCUT2D eigenvalue weighted by Gasteiger charge is 2.38. The van der Waals surface area contributed by atoms with Crippen molar-refractivity contribution in [1.29, 1.82) is 0 Å². The number of halogens is 1. The molecule has 20 heavy (non-hydrogen) atoms. The van der Waals surface area contributed by atoms with Crippen molar-refractivity contribution in [3.63, 3.8) is 0 Å². The number of nitrogens with zero attached hydrogens (tertiary/aromatic N) is 1. The molecular weight excluding hydrogens is 288 g/mol. The molecule has 1 aromatic heterocycles. The van der Waals surface area contributed by atoms with Gasteiger partial charge < -0.3 is 5.32 Å². The second-order valence-corrected chi connectivity index (χ2v) is 7.16. The molecule has 0 aliphatic carbocycles. The van der Waals surface area contributed by atoms with Gasteiger partial charge in [-0.15, -0.1) is 11.3 Å². The third-order valence-electron chi connectivity index (χ3n) is 4.30. The van der Waals surface area contributed by atoms with Crippen LogP contribution in [-0.4, -0.2) is 30.1 Å². The van der Waals surface area contributed by atoms with Crippen LogP contribution in [0.25, 0.3) is 0 Å². The van der Waals surface area contributed by atoms with Crippen LogP contribution in [0, 0.1) is 0 Å². The minimum atomic E-state index is 0.118. The van der Waals surface area contributed by atoms with E-state index in [9.17, 15) is 0 Å². The van der Waals surface area contributed by atoms with Crippen molar-refractivity contribution in [2.75, 3.05) is 19.6 Å². The van der Waals surface area contributed by atoms with Crippen LogP contribution in [0.5, 0.6) is 0 Å². The van der Waals surface area contributed by atoms with Gasteiger partial charge in [0.2, 0.25) is 0 Å². The van der Waals surface area contributed by atoms with Crippen LogP contribution in [0.15, 0.2) is 12.1 Å². The Bertz CT molecular complexity index is 390. The molecule has 0 spiro atoms. The van der Waals surface area contributed by atoms with Gasteiger partial charge in [-0.25, -0.2) is 0 Å². The molecule has 1 rings (SSSR count). The van der Waals surface area contributed by atoms with E-state index in [1.165, 1.54) is 4.88 Å². The Morgan fingerprint density at radius 1 is 1.25 bits per heavy atom. The van der Waals surface area contributed by atoms with Crippen molar-refractivity contribution < 1.29 is 0 Å². The fourth-order valence-corrected chi connectivity index (χ4v) is 4.24. The lowest BCUT2D eigenvalue weighted by Gasteiger charge is -2.45. The zero-order chi connectivity index (χ0) is 15.2. The highest BCUT2D eigenvalue weighted by molar-refractivity contribution is 7.16. The van der Waals surface area contributed by atoms with Crippen LogP contribution >= 0.6 is 22.9 Å². The second kappa shape index (κ2) is 8.38. The highest BCUT2D eigenvalue weighted by atomic mass is 35.5. The standard InChI is InChI=1S/C16H29ClN2S/c1-6-12-18-15(13-10-11-14(17)20-13)16(5,7-2)19(8-3)9-4/h10-11,15,18H,6-9,12H2,1-5H3. The van der Waals surface area contributed by atoms with Crippen LogP contribution in [0.3, 0.4) is 0 Å². The van der Waals surface area contributed by atoms with Gasteiger partial charge in [0.15, 0.2) is 0 Å². The molecule has 4 heteroatoms. The van der Waals surface area contributed by atoms with Crippen LogP contribution in [-0.2, 0) is 0 Å². The number of hydrogen-bond donors (Lipinski definition) is 1. The summed E-state index contributed by atoms with van der Waals surface area (Å²) in [6, 6.07) is 4.53.